The summed E-state index contributed by atoms with van der Waals surface area (Å²) in [5, 5.41) is 13.5. The highest BCUT2D eigenvalue weighted by atomic mass is 32.1. The topological polar surface area (TPSA) is 124 Å². The van der Waals surface area contributed by atoms with Gasteiger partial charge in [0.25, 0.3) is 12.4 Å². The number of amides is 2. The molecule has 0 radical (unpaired) electrons. The van der Waals surface area contributed by atoms with Crippen LogP contribution < -0.4 is 15.5 Å². The molecule has 0 bridgehead atoms. The predicted molar refractivity (Wildman–Crippen MR) is 114 cm³/mol. The summed E-state index contributed by atoms with van der Waals surface area (Å²) in [6.07, 6.45) is 2.47. The number of carboxylic acid groups (broad SMARTS) is 1. The zero-order valence-electron chi connectivity index (χ0n) is 17.7. The first-order valence-electron chi connectivity index (χ1n) is 9.99. The van der Waals surface area contributed by atoms with Crippen molar-refractivity contribution in [2.45, 2.75) is 38.3 Å². The molecule has 0 unspecified atom stereocenters. The number of thiazole rings is 1. The molecule has 2 aliphatic heterocycles. The molecule has 3 N–H and O–H groups in total. The third-order valence-corrected chi connectivity index (χ3v) is 6.67. The average Bonchev–Trinajstić information content (AvgIpc) is 3.30. The number of carbonyl (C=O) groups is 3. The molecule has 2 amide bonds. The van der Waals surface area contributed by atoms with Crippen molar-refractivity contribution < 1.29 is 24.2 Å². The van der Waals surface area contributed by atoms with Gasteiger partial charge < -0.3 is 25.4 Å². The molecular weight excluding hydrogens is 410 g/mol. The molecule has 30 heavy (non-hydrogen) atoms. The summed E-state index contributed by atoms with van der Waals surface area (Å²) in [7, 11) is 3.70. The first kappa shape index (κ1) is 24.0. The van der Waals surface area contributed by atoms with Crippen molar-refractivity contribution in [2.75, 3.05) is 51.8 Å². The Hall–Kier alpha value is -2.24. The first-order chi connectivity index (χ1) is 14.4. The SMILES string of the molecule is CNC(=O)C[C@H]1CC[C@@H](CNC(=O)c2sc(N3CCOCC3)nc2C)N1C.O=CO. The molecule has 0 aliphatic carbocycles. The lowest BCUT2D eigenvalue weighted by molar-refractivity contribution is -0.123. The minimum atomic E-state index is -0.250. The number of carbonyl (C=O) groups excluding carboxylic acids is 2. The second kappa shape index (κ2) is 11.8. The van der Waals surface area contributed by atoms with E-state index in [9.17, 15) is 9.59 Å². The van der Waals surface area contributed by atoms with Crippen molar-refractivity contribution >= 4 is 34.8 Å². The van der Waals surface area contributed by atoms with Crippen LogP contribution in [0.2, 0.25) is 0 Å². The molecule has 10 nitrogen and oxygen atoms in total. The van der Waals surface area contributed by atoms with Crippen LogP contribution in [0.15, 0.2) is 0 Å². The van der Waals surface area contributed by atoms with E-state index in [0.717, 1.165) is 36.8 Å². The third-order valence-electron chi connectivity index (χ3n) is 5.46. The van der Waals surface area contributed by atoms with Crippen LogP contribution in [0.4, 0.5) is 5.13 Å². The number of aromatic nitrogens is 1. The lowest BCUT2D eigenvalue weighted by atomic mass is 10.1. The fourth-order valence-corrected chi connectivity index (χ4v) is 4.71. The summed E-state index contributed by atoms with van der Waals surface area (Å²) < 4.78 is 5.38. The number of aryl methyl sites for hydroxylation is 1. The number of hydrogen-bond donors (Lipinski definition) is 3. The highest BCUT2D eigenvalue weighted by Crippen LogP contribution is 2.27. The number of morpholine rings is 1. The second-order valence-corrected chi connectivity index (χ2v) is 8.23. The minimum Gasteiger partial charge on any atom is -0.483 e. The number of rotatable bonds is 6. The lowest BCUT2D eigenvalue weighted by Crippen LogP contribution is -2.42. The lowest BCUT2D eigenvalue weighted by Gasteiger charge is -2.26. The molecule has 0 saturated carbocycles. The second-order valence-electron chi connectivity index (χ2n) is 7.25. The van der Waals surface area contributed by atoms with Gasteiger partial charge in [0.1, 0.15) is 4.88 Å². The fourth-order valence-electron chi connectivity index (χ4n) is 3.67. The van der Waals surface area contributed by atoms with Crippen LogP contribution in [0.5, 0.6) is 0 Å². The summed E-state index contributed by atoms with van der Waals surface area (Å²) in [6.45, 7) is 5.25. The van der Waals surface area contributed by atoms with Gasteiger partial charge in [-0.05, 0) is 26.8 Å². The Labute approximate surface area is 180 Å². The van der Waals surface area contributed by atoms with Gasteiger partial charge in [-0.1, -0.05) is 11.3 Å². The zero-order chi connectivity index (χ0) is 22.1. The summed E-state index contributed by atoms with van der Waals surface area (Å²) in [5.74, 6) is 0.000114. The van der Waals surface area contributed by atoms with Gasteiger partial charge in [-0.25, -0.2) is 4.98 Å². The van der Waals surface area contributed by atoms with Crippen molar-refractivity contribution in [3.63, 3.8) is 0 Å². The molecule has 2 aliphatic rings. The Balaban J connectivity index is 0.00000101. The highest BCUT2D eigenvalue weighted by Gasteiger charge is 2.32. The van der Waals surface area contributed by atoms with Crippen molar-refractivity contribution in [3.8, 4) is 0 Å². The molecule has 2 fully saturated rings. The van der Waals surface area contributed by atoms with E-state index in [0.29, 0.717) is 31.1 Å². The maximum absolute atomic E-state index is 12.7. The monoisotopic (exact) mass is 441 g/mol. The van der Waals surface area contributed by atoms with Gasteiger partial charge in [0.05, 0.1) is 18.9 Å². The molecule has 3 heterocycles. The molecule has 2 atom stereocenters. The number of hydrogen-bond acceptors (Lipinski definition) is 8. The van der Waals surface area contributed by atoms with Crippen LogP contribution in [0.25, 0.3) is 0 Å². The molecule has 1 aromatic heterocycles. The van der Waals surface area contributed by atoms with E-state index in [1.807, 2.05) is 14.0 Å². The summed E-state index contributed by atoms with van der Waals surface area (Å²) in [6, 6.07) is 0.500. The van der Waals surface area contributed by atoms with E-state index in [1.54, 1.807) is 7.05 Å². The van der Waals surface area contributed by atoms with Crippen molar-refractivity contribution in [3.05, 3.63) is 10.6 Å². The van der Waals surface area contributed by atoms with Gasteiger partial charge >= 0.3 is 0 Å². The highest BCUT2D eigenvalue weighted by molar-refractivity contribution is 7.17. The number of likely N-dealkylation sites (tertiary alicyclic amines) is 1. The molecule has 0 aromatic carbocycles. The van der Waals surface area contributed by atoms with Gasteiger partial charge in [0.15, 0.2) is 5.13 Å². The van der Waals surface area contributed by atoms with Gasteiger partial charge in [0, 0.05) is 45.2 Å². The van der Waals surface area contributed by atoms with E-state index in [2.05, 4.69) is 25.4 Å². The standard InChI is InChI=1S/C18H29N5O3S.CH2O2/c1-12-16(27-18(21-12)23-6-8-26-9-7-23)17(25)20-11-14-5-4-13(22(14)3)10-15(24)19-2;2-1-3/h13-14H,4-11H2,1-3H3,(H,19,24)(H,20,25);1H,(H,2,3)/t13-,14+;/m1./s1. The van der Waals surface area contributed by atoms with Crippen LogP contribution >= 0.6 is 11.3 Å². The molecule has 0 spiro atoms. The maximum Gasteiger partial charge on any atom is 0.290 e. The van der Waals surface area contributed by atoms with E-state index in [1.165, 1.54) is 11.3 Å². The molecule has 1 aromatic rings. The van der Waals surface area contributed by atoms with Crippen LogP contribution in [0, 0.1) is 6.92 Å². The summed E-state index contributed by atoms with van der Waals surface area (Å²) in [5.41, 5.74) is 0.774. The Morgan fingerprint density at radius 3 is 2.57 bits per heavy atom. The Morgan fingerprint density at radius 2 is 1.93 bits per heavy atom. The average molecular weight is 442 g/mol. The van der Waals surface area contributed by atoms with Crippen molar-refractivity contribution in [2.24, 2.45) is 0 Å². The van der Waals surface area contributed by atoms with E-state index in [4.69, 9.17) is 14.6 Å². The van der Waals surface area contributed by atoms with Crippen LogP contribution in [-0.4, -0.2) is 92.3 Å². The van der Waals surface area contributed by atoms with E-state index in [-0.39, 0.29) is 30.4 Å². The van der Waals surface area contributed by atoms with Gasteiger partial charge in [-0.15, -0.1) is 0 Å². The molecule has 11 heteroatoms. The number of anilines is 1. The zero-order valence-corrected chi connectivity index (χ0v) is 18.5. The van der Waals surface area contributed by atoms with Crippen LogP contribution in [-0.2, 0) is 14.3 Å². The number of nitrogens with one attached hydrogen (secondary N) is 2. The summed E-state index contributed by atoms with van der Waals surface area (Å²) in [4.78, 5) is 42.3. The van der Waals surface area contributed by atoms with Crippen molar-refractivity contribution in [1.29, 1.82) is 0 Å². The quantitative estimate of drug-likeness (QED) is 0.539. The largest absolute Gasteiger partial charge is 0.483 e. The maximum atomic E-state index is 12.7. The molecule has 3 rings (SSSR count). The van der Waals surface area contributed by atoms with Gasteiger partial charge in [-0.2, -0.15) is 0 Å². The molecule has 2 saturated heterocycles. The minimum absolute atomic E-state index is 0.0624. The third kappa shape index (κ3) is 6.38. The fraction of sp³-hybridized carbons (Fsp3) is 0.684. The number of nitrogens with zero attached hydrogens (tertiary/aromatic N) is 3. The first-order valence-corrected chi connectivity index (χ1v) is 10.8. The predicted octanol–water partition coefficient (Wildman–Crippen LogP) is 0.318. The Morgan fingerprint density at radius 1 is 1.30 bits per heavy atom. The normalized spacial score (nSPS) is 21.5. The smallest absolute Gasteiger partial charge is 0.290 e. The van der Waals surface area contributed by atoms with Crippen molar-refractivity contribution in [1.82, 2.24) is 20.5 Å². The molecule has 168 valence electrons. The number of ether oxygens (including phenoxy) is 1. The number of likely N-dealkylation sites (N-methyl/N-ethyl adjacent to an activating group) is 1. The molecular formula is C19H31N5O5S. The summed E-state index contributed by atoms with van der Waals surface area (Å²) >= 11 is 1.45. The van der Waals surface area contributed by atoms with Crippen LogP contribution in [0.3, 0.4) is 0 Å². The van der Waals surface area contributed by atoms with Gasteiger partial charge in [-0.3, -0.25) is 19.3 Å². The van der Waals surface area contributed by atoms with Crippen LogP contribution in [0.1, 0.15) is 34.6 Å². The Bertz CT molecular complexity index is 722. The van der Waals surface area contributed by atoms with Gasteiger partial charge in [0.2, 0.25) is 5.91 Å². The van der Waals surface area contributed by atoms with E-state index >= 15 is 0 Å². The van der Waals surface area contributed by atoms with E-state index < -0.39 is 0 Å². The Kier molecular flexibility index (Phi) is 9.47.